The van der Waals surface area contributed by atoms with Gasteiger partial charge in [-0.1, -0.05) is 0 Å². The van der Waals surface area contributed by atoms with Gasteiger partial charge in [0.1, 0.15) is 0 Å². The Morgan fingerprint density at radius 1 is 1.14 bits per heavy atom. The van der Waals surface area contributed by atoms with E-state index in [-0.39, 0.29) is 34.6 Å². The molecule has 5 nitrogen and oxygen atoms in total. The molecule has 1 rings (SSSR count). The number of unbranched alkanes of at least 4 members (excludes halogenated alkanes) is 1. The molecule has 22 heavy (non-hydrogen) atoms. The summed E-state index contributed by atoms with van der Waals surface area (Å²) in [6, 6.07) is 0. The summed E-state index contributed by atoms with van der Waals surface area (Å²) in [7, 11) is 0. The van der Waals surface area contributed by atoms with Gasteiger partial charge in [-0.15, -0.1) is 0 Å². The quantitative estimate of drug-likeness (QED) is 0.151. The van der Waals surface area contributed by atoms with Crippen LogP contribution in [0.4, 0.5) is 8.78 Å². The second-order valence-corrected chi connectivity index (χ2v) is 7.36. The van der Waals surface area contributed by atoms with Crippen LogP contribution in [0.5, 0.6) is 0 Å². The first-order valence-corrected chi connectivity index (χ1v) is 11.0. The number of β-amino-alcohol motifs (C(OH)–C–C–N with tert-alkyl or cyclic N) is 1. The fraction of sp³-hybridized carbons (Fsp3) is 1.00. The van der Waals surface area contributed by atoms with Gasteiger partial charge < -0.3 is 5.11 Å². The summed E-state index contributed by atoms with van der Waals surface area (Å²) in [6.45, 7) is 5.65. The molecule has 1 fully saturated rings. The Morgan fingerprint density at radius 3 is 2.36 bits per heavy atom. The molecule has 1 aliphatic rings. The molecule has 2 N–H and O–H groups in total. The molecule has 1 saturated heterocycles. The zero-order valence-electron chi connectivity index (χ0n) is 13.4. The van der Waals surface area contributed by atoms with E-state index >= 15 is 0 Å². The maximum absolute atomic E-state index is 13.3. The number of rotatable bonds is 12. The number of nitrogens with one attached hydrogen (secondary N) is 1. The van der Waals surface area contributed by atoms with Crippen LogP contribution in [0.15, 0.2) is 0 Å². The van der Waals surface area contributed by atoms with Crippen LogP contribution in [-0.2, 0) is 4.74 Å². The molecule has 0 aromatic carbocycles. The van der Waals surface area contributed by atoms with Crippen molar-refractivity contribution in [1.29, 1.82) is 0 Å². The minimum atomic E-state index is -2.75. The number of halogens is 3. The summed E-state index contributed by atoms with van der Waals surface area (Å²) in [6.07, 6.45) is 1.80. The molecular weight excluding hydrogens is 407 g/mol. The standard InChI is InChI=1S/C14H29F2IN3O2/c1-17-18-12-14(15,16)13-22-11-3-2-4-19-5-7-20(8-6-19)9-10-21/h18,21H,2-13H2,1H3/q-1. The first kappa shape index (κ1) is 20.4. The van der Waals surface area contributed by atoms with Crippen molar-refractivity contribution in [3.63, 3.8) is 0 Å². The molecule has 1 heterocycles. The van der Waals surface area contributed by atoms with E-state index in [0.717, 1.165) is 52.1 Å². The molecule has 0 aliphatic carbocycles. The van der Waals surface area contributed by atoms with Gasteiger partial charge in [0, 0.05) is 6.54 Å². The number of hydrogen-bond acceptors (Lipinski definition) is 5. The van der Waals surface area contributed by atoms with E-state index in [1.807, 2.05) is 4.93 Å². The van der Waals surface area contributed by atoms with E-state index in [1.54, 1.807) is 0 Å². The molecule has 0 saturated carbocycles. The molecule has 0 radical (unpaired) electrons. The number of piperazine rings is 1. The third-order valence-corrected chi connectivity index (χ3v) is 4.81. The van der Waals surface area contributed by atoms with Gasteiger partial charge in [-0.2, -0.15) is 0 Å². The van der Waals surface area contributed by atoms with Gasteiger partial charge in [0.05, 0.1) is 6.61 Å². The normalized spacial score (nSPS) is 18.2. The second kappa shape index (κ2) is 11.9. The third-order valence-electron chi connectivity index (χ3n) is 3.67. The average Bonchev–Trinajstić information content (AvgIpc) is 2.50. The fourth-order valence-electron chi connectivity index (χ4n) is 2.35. The van der Waals surface area contributed by atoms with Crippen molar-refractivity contribution in [3.8, 4) is 0 Å². The number of alkyl halides is 3. The molecule has 0 bridgehead atoms. The Bertz CT molecular complexity index is 281. The van der Waals surface area contributed by atoms with Gasteiger partial charge >= 0.3 is 120 Å². The summed E-state index contributed by atoms with van der Waals surface area (Å²) >= 11 is -0.307. The van der Waals surface area contributed by atoms with Gasteiger partial charge in [-0.25, -0.2) is 0 Å². The number of aliphatic hydroxyl groups excluding tert-OH is 1. The van der Waals surface area contributed by atoms with Gasteiger partial charge in [0.15, 0.2) is 0 Å². The molecule has 0 aromatic heterocycles. The average molecular weight is 436 g/mol. The number of ether oxygens (including phenoxy) is 1. The van der Waals surface area contributed by atoms with Crippen LogP contribution in [0.1, 0.15) is 12.8 Å². The topological polar surface area (TPSA) is 48.0 Å². The first-order valence-electron chi connectivity index (χ1n) is 7.80. The molecule has 0 unspecified atom stereocenters. The van der Waals surface area contributed by atoms with Crippen molar-refractivity contribution in [3.05, 3.63) is 0 Å². The summed E-state index contributed by atoms with van der Waals surface area (Å²) in [5.74, 6) is -2.75. The van der Waals surface area contributed by atoms with E-state index in [4.69, 9.17) is 9.84 Å². The van der Waals surface area contributed by atoms with Crippen molar-refractivity contribution in [1.82, 2.24) is 13.3 Å². The van der Waals surface area contributed by atoms with Gasteiger partial charge in [-0.05, 0) is 0 Å². The molecule has 0 spiro atoms. The number of nitrogens with zero attached hydrogens (tertiary/aromatic N) is 2. The minimum absolute atomic E-state index is 0.220. The predicted molar refractivity (Wildman–Crippen MR) is 78.9 cm³/mol. The summed E-state index contributed by atoms with van der Waals surface area (Å²) in [5, 5.41) is 8.89. The van der Waals surface area contributed by atoms with Crippen LogP contribution >= 0.6 is 0 Å². The monoisotopic (exact) mass is 436 g/mol. The van der Waals surface area contributed by atoms with Crippen LogP contribution in [0.25, 0.3) is 0 Å². The summed E-state index contributed by atoms with van der Waals surface area (Å²) in [4.78, 5) is 6.56. The second-order valence-electron chi connectivity index (χ2n) is 5.52. The van der Waals surface area contributed by atoms with Crippen LogP contribution < -0.4 is 25.0 Å². The van der Waals surface area contributed by atoms with Crippen LogP contribution in [-0.4, -0.2) is 91.4 Å². The van der Waals surface area contributed by atoms with Crippen LogP contribution in [0.2, 0.25) is 0 Å². The molecule has 0 atom stereocenters. The van der Waals surface area contributed by atoms with Crippen LogP contribution in [0.3, 0.4) is 0 Å². The Balaban J connectivity index is 1.96. The Kier molecular flexibility index (Phi) is 11.0. The maximum atomic E-state index is 13.3. The Morgan fingerprint density at radius 2 is 1.77 bits per heavy atom. The fourth-order valence-corrected chi connectivity index (χ4v) is 3.29. The molecule has 8 heteroatoms. The van der Waals surface area contributed by atoms with E-state index in [2.05, 4.69) is 13.3 Å². The van der Waals surface area contributed by atoms with E-state index in [1.165, 1.54) is 0 Å². The Hall–Kier alpha value is 0.390. The van der Waals surface area contributed by atoms with Crippen molar-refractivity contribution >= 4 is 0 Å². The van der Waals surface area contributed by atoms with Crippen LogP contribution in [0, 0.1) is 0 Å². The SMILES string of the molecule is C[I-]NCC(F)(F)COCCCCN1CCN(CCO)CC1. The first-order chi connectivity index (χ1) is 10.6. The van der Waals surface area contributed by atoms with E-state index < -0.39 is 12.5 Å². The van der Waals surface area contributed by atoms with Crippen molar-refractivity contribution < 1.29 is 40.1 Å². The summed E-state index contributed by atoms with van der Waals surface area (Å²) < 4.78 is 34.5. The number of hydrogen-bond donors (Lipinski definition) is 2. The van der Waals surface area contributed by atoms with Gasteiger partial charge in [0.2, 0.25) is 0 Å². The number of aliphatic hydroxyl groups is 1. The zero-order chi connectivity index (χ0) is 16.3. The molecule has 0 aromatic rings. The molecule has 0 amide bonds. The van der Waals surface area contributed by atoms with Gasteiger partial charge in [0.25, 0.3) is 0 Å². The van der Waals surface area contributed by atoms with Crippen molar-refractivity contribution in [2.75, 3.05) is 70.6 Å². The Labute approximate surface area is 143 Å². The van der Waals surface area contributed by atoms with E-state index in [0.29, 0.717) is 6.61 Å². The molecule has 134 valence electrons. The predicted octanol–water partition coefficient (Wildman–Crippen LogP) is -2.75. The molecule has 1 aliphatic heterocycles. The zero-order valence-corrected chi connectivity index (χ0v) is 15.5. The van der Waals surface area contributed by atoms with Crippen molar-refractivity contribution in [2.45, 2.75) is 18.8 Å². The van der Waals surface area contributed by atoms with Gasteiger partial charge in [-0.3, -0.25) is 4.90 Å². The van der Waals surface area contributed by atoms with E-state index in [9.17, 15) is 8.78 Å². The van der Waals surface area contributed by atoms with Crippen molar-refractivity contribution in [2.24, 2.45) is 0 Å². The molecular formula is C14H29F2IN3O2-. The summed E-state index contributed by atoms with van der Waals surface area (Å²) in [5.41, 5.74) is 0. The third kappa shape index (κ3) is 9.51.